The van der Waals surface area contributed by atoms with Crippen LogP contribution in [0.5, 0.6) is 0 Å². The van der Waals surface area contributed by atoms with E-state index in [0.717, 1.165) is 6.42 Å². The zero-order chi connectivity index (χ0) is 13.9. The molecule has 0 fully saturated rings. The normalized spacial score (nSPS) is 18.8. The molecule has 1 nitrogen and oxygen atoms in total. The third-order valence-electron chi connectivity index (χ3n) is 4.17. The van der Waals surface area contributed by atoms with E-state index in [9.17, 15) is 0 Å². The third kappa shape index (κ3) is 2.50. The molecule has 2 heteroatoms. The Morgan fingerprint density at radius 3 is 2.85 bits per heavy atom. The molecule has 0 saturated heterocycles. The van der Waals surface area contributed by atoms with Crippen LogP contribution in [-0.4, -0.2) is 12.8 Å². The molecule has 0 spiro atoms. The van der Waals surface area contributed by atoms with Gasteiger partial charge >= 0.3 is 0 Å². The Balaban J connectivity index is 1.95. The van der Waals surface area contributed by atoms with Gasteiger partial charge in [0.15, 0.2) is 0 Å². The summed E-state index contributed by atoms with van der Waals surface area (Å²) >= 11 is 1.98. The maximum Gasteiger partial charge on any atom is 0.0395 e. The number of rotatable bonds is 4. The van der Waals surface area contributed by atoms with Crippen molar-refractivity contribution in [1.29, 1.82) is 0 Å². The van der Waals surface area contributed by atoms with Gasteiger partial charge in [0.1, 0.15) is 0 Å². The molecule has 104 valence electrons. The summed E-state index contributed by atoms with van der Waals surface area (Å²) in [6.45, 7) is 2.22. The summed E-state index contributed by atoms with van der Waals surface area (Å²) in [7, 11) is 2.08. The molecule has 0 amide bonds. The zero-order valence-electron chi connectivity index (χ0n) is 12.1. The highest BCUT2D eigenvalue weighted by Gasteiger charge is 2.30. The molecule has 0 radical (unpaired) electrons. The van der Waals surface area contributed by atoms with E-state index in [0.29, 0.717) is 12.0 Å². The number of hydrogen-bond donors (Lipinski definition) is 1. The predicted octanol–water partition coefficient (Wildman–Crippen LogP) is 4.40. The van der Waals surface area contributed by atoms with Crippen molar-refractivity contribution in [2.75, 3.05) is 12.8 Å². The van der Waals surface area contributed by atoms with E-state index < -0.39 is 0 Å². The molecule has 0 saturated carbocycles. The molecule has 0 aromatic heterocycles. The number of fused-ring (bicyclic) bond motifs is 1. The minimum atomic E-state index is 0.401. The first kappa shape index (κ1) is 13.7. The maximum atomic E-state index is 3.54. The first-order chi connectivity index (χ1) is 9.83. The molecule has 1 aliphatic rings. The molecule has 3 rings (SSSR count). The van der Waals surface area contributed by atoms with Gasteiger partial charge in [-0.2, -0.15) is 0 Å². The van der Waals surface area contributed by atoms with E-state index in [1.54, 1.807) is 0 Å². The number of likely N-dealkylation sites (N-methyl/N-ethyl adjacent to an activating group) is 1. The van der Waals surface area contributed by atoms with E-state index >= 15 is 0 Å². The first-order valence-corrected chi connectivity index (χ1v) is 8.30. The van der Waals surface area contributed by atoms with E-state index in [2.05, 4.69) is 67.8 Å². The Hall–Kier alpha value is -1.25. The van der Waals surface area contributed by atoms with Gasteiger partial charge in [-0.05, 0) is 36.2 Å². The zero-order valence-corrected chi connectivity index (χ0v) is 12.9. The van der Waals surface area contributed by atoms with Crippen LogP contribution in [0, 0.1) is 0 Å². The van der Waals surface area contributed by atoms with Gasteiger partial charge < -0.3 is 5.32 Å². The van der Waals surface area contributed by atoms with Gasteiger partial charge in [0.2, 0.25) is 0 Å². The fourth-order valence-corrected chi connectivity index (χ4v) is 4.36. The van der Waals surface area contributed by atoms with Crippen molar-refractivity contribution in [2.24, 2.45) is 0 Å². The minimum Gasteiger partial charge on any atom is -0.312 e. The quantitative estimate of drug-likeness (QED) is 0.892. The van der Waals surface area contributed by atoms with Crippen LogP contribution in [0.4, 0.5) is 0 Å². The van der Waals surface area contributed by atoms with Crippen LogP contribution >= 0.6 is 11.8 Å². The predicted molar refractivity (Wildman–Crippen MR) is 87.5 cm³/mol. The molecule has 1 aliphatic heterocycles. The molecule has 0 aliphatic carbocycles. The number of benzene rings is 2. The molecule has 2 unspecified atom stereocenters. The van der Waals surface area contributed by atoms with Crippen molar-refractivity contribution < 1.29 is 0 Å². The molecular weight excluding hydrogens is 262 g/mol. The summed E-state index contributed by atoms with van der Waals surface area (Å²) in [5.41, 5.74) is 4.33. The van der Waals surface area contributed by atoms with E-state index in [4.69, 9.17) is 0 Å². The Bertz CT molecular complexity index is 593. The van der Waals surface area contributed by atoms with E-state index in [-0.39, 0.29) is 0 Å². The summed E-state index contributed by atoms with van der Waals surface area (Å²) < 4.78 is 0. The summed E-state index contributed by atoms with van der Waals surface area (Å²) in [6, 6.07) is 18.2. The van der Waals surface area contributed by atoms with Crippen LogP contribution in [0.25, 0.3) is 0 Å². The standard InChI is InChI=1S/C18H21NS/c1-3-13-7-6-8-14(11-13)18(19-2)16-12-20-17-10-5-4-9-15(16)17/h4-11,16,18-19H,3,12H2,1-2H3. The van der Waals surface area contributed by atoms with Gasteiger partial charge in [0.05, 0.1) is 0 Å². The summed E-state index contributed by atoms with van der Waals surface area (Å²) in [4.78, 5) is 1.45. The second kappa shape index (κ2) is 6.02. The molecule has 1 N–H and O–H groups in total. The van der Waals surface area contributed by atoms with Crippen LogP contribution in [0.1, 0.15) is 35.6 Å². The van der Waals surface area contributed by atoms with Crippen molar-refractivity contribution in [3.05, 3.63) is 65.2 Å². The second-order valence-corrected chi connectivity index (χ2v) is 6.38. The number of thioether (sulfide) groups is 1. The fraction of sp³-hybridized carbons (Fsp3) is 0.333. The number of aryl methyl sites for hydroxylation is 1. The lowest BCUT2D eigenvalue weighted by Gasteiger charge is -2.24. The lowest BCUT2D eigenvalue weighted by molar-refractivity contribution is 0.514. The highest BCUT2D eigenvalue weighted by atomic mass is 32.2. The average molecular weight is 283 g/mol. The largest absolute Gasteiger partial charge is 0.312 e. The minimum absolute atomic E-state index is 0.401. The third-order valence-corrected chi connectivity index (χ3v) is 5.38. The van der Waals surface area contributed by atoms with Crippen LogP contribution in [0.15, 0.2) is 53.4 Å². The highest BCUT2D eigenvalue weighted by molar-refractivity contribution is 7.99. The van der Waals surface area contributed by atoms with Gasteiger partial charge in [-0.3, -0.25) is 0 Å². The Morgan fingerprint density at radius 2 is 2.05 bits per heavy atom. The number of hydrogen-bond acceptors (Lipinski definition) is 2. The van der Waals surface area contributed by atoms with Gasteiger partial charge in [-0.25, -0.2) is 0 Å². The summed E-state index contributed by atoms with van der Waals surface area (Å²) in [6.07, 6.45) is 1.10. The monoisotopic (exact) mass is 283 g/mol. The topological polar surface area (TPSA) is 12.0 Å². The number of nitrogens with one attached hydrogen (secondary N) is 1. The molecule has 2 aromatic rings. The molecule has 0 bridgehead atoms. The van der Waals surface area contributed by atoms with E-state index in [1.165, 1.54) is 27.3 Å². The van der Waals surface area contributed by atoms with Crippen molar-refractivity contribution in [2.45, 2.75) is 30.2 Å². The average Bonchev–Trinajstić information content (AvgIpc) is 2.93. The highest BCUT2D eigenvalue weighted by Crippen LogP contribution is 2.45. The lowest BCUT2D eigenvalue weighted by Crippen LogP contribution is -2.24. The molecule has 2 aromatic carbocycles. The Kier molecular flexibility index (Phi) is 4.13. The van der Waals surface area contributed by atoms with Crippen LogP contribution < -0.4 is 5.32 Å². The van der Waals surface area contributed by atoms with Gasteiger partial charge in [-0.1, -0.05) is 49.4 Å². The molecular formula is C18H21NS. The van der Waals surface area contributed by atoms with E-state index in [1.807, 2.05) is 11.8 Å². The lowest BCUT2D eigenvalue weighted by atomic mass is 9.88. The Labute approximate surface area is 125 Å². The van der Waals surface area contributed by atoms with Crippen LogP contribution in [0.2, 0.25) is 0 Å². The van der Waals surface area contributed by atoms with Gasteiger partial charge in [-0.15, -0.1) is 11.8 Å². The first-order valence-electron chi connectivity index (χ1n) is 7.31. The Morgan fingerprint density at radius 1 is 1.20 bits per heavy atom. The smallest absolute Gasteiger partial charge is 0.0395 e. The van der Waals surface area contributed by atoms with Crippen molar-refractivity contribution in [3.63, 3.8) is 0 Å². The summed E-state index contributed by atoms with van der Waals surface area (Å²) in [5.74, 6) is 1.73. The molecule has 1 heterocycles. The van der Waals surface area contributed by atoms with Gasteiger partial charge in [0.25, 0.3) is 0 Å². The van der Waals surface area contributed by atoms with Crippen LogP contribution in [-0.2, 0) is 6.42 Å². The molecule has 20 heavy (non-hydrogen) atoms. The summed E-state index contributed by atoms with van der Waals surface area (Å²) in [5, 5.41) is 3.54. The van der Waals surface area contributed by atoms with Crippen molar-refractivity contribution in [3.8, 4) is 0 Å². The van der Waals surface area contributed by atoms with Crippen molar-refractivity contribution >= 4 is 11.8 Å². The maximum absolute atomic E-state index is 3.54. The van der Waals surface area contributed by atoms with Crippen molar-refractivity contribution in [1.82, 2.24) is 5.32 Å². The van der Waals surface area contributed by atoms with Gasteiger partial charge in [0, 0.05) is 22.6 Å². The molecule has 2 atom stereocenters. The second-order valence-electron chi connectivity index (χ2n) is 5.32. The van der Waals surface area contributed by atoms with Crippen LogP contribution in [0.3, 0.4) is 0 Å². The SMILES string of the molecule is CCc1cccc(C(NC)C2CSc3ccccc32)c1. The fourth-order valence-electron chi connectivity index (χ4n) is 3.07.